The van der Waals surface area contributed by atoms with Crippen LogP contribution >= 0.6 is 0 Å². The number of hydrogen-bond donors (Lipinski definition) is 3. The van der Waals surface area contributed by atoms with Gasteiger partial charge < -0.3 is 20.6 Å². The van der Waals surface area contributed by atoms with Gasteiger partial charge in [0.2, 0.25) is 0 Å². The van der Waals surface area contributed by atoms with Gasteiger partial charge in [0.25, 0.3) is 11.8 Å². The van der Waals surface area contributed by atoms with Gasteiger partial charge in [-0.3, -0.25) is 9.59 Å². The minimum absolute atomic E-state index is 0.0492. The van der Waals surface area contributed by atoms with Gasteiger partial charge in [-0.15, -0.1) is 0 Å². The number of benzene rings is 3. The van der Waals surface area contributed by atoms with Crippen molar-refractivity contribution in [3.05, 3.63) is 88.5 Å². The molecule has 3 N–H and O–H groups in total. The number of halogens is 1. The fraction of sp³-hybridized carbons (Fsp3) is 0.179. The molecule has 190 valence electrons. The first-order chi connectivity index (χ1) is 17.6. The van der Waals surface area contributed by atoms with Crippen molar-refractivity contribution in [2.45, 2.75) is 20.8 Å². The molecule has 0 saturated carbocycles. The number of carbonyl (C=O) groups is 2. The summed E-state index contributed by atoms with van der Waals surface area (Å²) in [5.74, 6) is -0.478. The number of hydrogen-bond acceptors (Lipinski definition) is 5. The number of aryl methyl sites for hydroxylation is 3. The minimum atomic E-state index is -0.591. The molecule has 1 heterocycles. The predicted molar refractivity (Wildman–Crippen MR) is 139 cm³/mol. The number of imidazole rings is 1. The van der Waals surface area contributed by atoms with Crippen LogP contribution in [0.5, 0.6) is 5.75 Å². The predicted octanol–water partition coefficient (Wildman–Crippen LogP) is 5.14. The molecule has 4 aromatic rings. The molecule has 8 nitrogen and oxygen atoms in total. The zero-order valence-corrected chi connectivity index (χ0v) is 21.1. The highest BCUT2D eigenvalue weighted by Gasteiger charge is 2.23. The molecular formula is C28H27FN4O4. The van der Waals surface area contributed by atoms with Crippen molar-refractivity contribution in [3.63, 3.8) is 0 Å². The Morgan fingerprint density at radius 2 is 1.70 bits per heavy atom. The third kappa shape index (κ3) is 4.88. The average Bonchev–Trinajstić information content (AvgIpc) is 3.16. The van der Waals surface area contributed by atoms with Gasteiger partial charge in [0.1, 0.15) is 11.6 Å². The van der Waals surface area contributed by atoms with Crippen LogP contribution in [-0.2, 0) is 0 Å². The normalized spacial score (nSPS) is 10.8. The Balaban J connectivity index is 1.73. The van der Waals surface area contributed by atoms with E-state index in [0.717, 1.165) is 21.4 Å². The number of carbonyl (C=O) groups excluding carboxylic acids is 2. The SMILES string of the molecule is CNC(=O)c1cccc(NC(=O)c2c(C)nc(-c3ccc(OC)c(-c4c(C)cc(F)cc4C)c3)n2O)c1. The van der Waals surface area contributed by atoms with Crippen molar-refractivity contribution in [1.82, 2.24) is 15.0 Å². The molecule has 37 heavy (non-hydrogen) atoms. The van der Waals surface area contributed by atoms with E-state index in [9.17, 15) is 19.2 Å². The van der Waals surface area contributed by atoms with Crippen molar-refractivity contribution >= 4 is 17.5 Å². The summed E-state index contributed by atoms with van der Waals surface area (Å²) in [5, 5.41) is 16.2. The quantitative estimate of drug-likeness (QED) is 0.317. The second-order valence-corrected chi connectivity index (χ2v) is 8.62. The van der Waals surface area contributed by atoms with Gasteiger partial charge in [-0.05, 0) is 86.0 Å². The van der Waals surface area contributed by atoms with Gasteiger partial charge in [-0.1, -0.05) is 6.07 Å². The van der Waals surface area contributed by atoms with E-state index < -0.39 is 5.91 Å². The molecule has 0 unspecified atom stereocenters. The molecule has 2 amide bonds. The molecule has 0 aliphatic carbocycles. The highest BCUT2D eigenvalue weighted by Crippen LogP contribution is 2.38. The van der Waals surface area contributed by atoms with E-state index in [1.54, 1.807) is 50.4 Å². The van der Waals surface area contributed by atoms with Gasteiger partial charge in [-0.2, -0.15) is 4.73 Å². The largest absolute Gasteiger partial charge is 0.496 e. The Bertz CT molecular complexity index is 1500. The second kappa shape index (κ2) is 10.1. The number of ether oxygens (including phenoxy) is 1. The zero-order valence-electron chi connectivity index (χ0n) is 21.1. The first kappa shape index (κ1) is 25.4. The zero-order chi connectivity index (χ0) is 26.9. The molecule has 0 bridgehead atoms. The maximum Gasteiger partial charge on any atom is 0.277 e. The topological polar surface area (TPSA) is 105 Å². The Morgan fingerprint density at radius 3 is 2.35 bits per heavy atom. The Morgan fingerprint density at radius 1 is 1.00 bits per heavy atom. The van der Waals surface area contributed by atoms with E-state index in [-0.39, 0.29) is 23.2 Å². The van der Waals surface area contributed by atoms with E-state index in [0.29, 0.717) is 33.8 Å². The average molecular weight is 503 g/mol. The summed E-state index contributed by atoms with van der Waals surface area (Å²) in [6.45, 7) is 5.25. The summed E-state index contributed by atoms with van der Waals surface area (Å²) in [4.78, 5) is 29.4. The van der Waals surface area contributed by atoms with Crippen LogP contribution in [0.25, 0.3) is 22.5 Å². The van der Waals surface area contributed by atoms with Gasteiger partial charge in [0.05, 0.1) is 12.8 Å². The first-order valence-corrected chi connectivity index (χ1v) is 11.5. The molecule has 0 radical (unpaired) electrons. The van der Waals surface area contributed by atoms with Gasteiger partial charge in [0.15, 0.2) is 11.5 Å². The van der Waals surface area contributed by atoms with E-state index >= 15 is 0 Å². The van der Waals surface area contributed by atoms with Crippen LogP contribution in [0.15, 0.2) is 54.6 Å². The lowest BCUT2D eigenvalue weighted by Gasteiger charge is -2.15. The molecule has 3 aromatic carbocycles. The molecule has 0 atom stereocenters. The molecule has 0 aliphatic heterocycles. The van der Waals surface area contributed by atoms with E-state index in [4.69, 9.17) is 4.74 Å². The molecule has 0 aliphatic rings. The maximum absolute atomic E-state index is 13.9. The molecular weight excluding hydrogens is 475 g/mol. The van der Waals surface area contributed by atoms with Crippen LogP contribution in [0.3, 0.4) is 0 Å². The summed E-state index contributed by atoms with van der Waals surface area (Å²) in [5.41, 5.74) is 4.54. The molecule has 0 saturated heterocycles. The molecule has 9 heteroatoms. The highest BCUT2D eigenvalue weighted by atomic mass is 19.1. The third-order valence-corrected chi connectivity index (χ3v) is 6.08. The van der Waals surface area contributed by atoms with Crippen molar-refractivity contribution in [1.29, 1.82) is 0 Å². The number of amides is 2. The smallest absolute Gasteiger partial charge is 0.277 e. The third-order valence-electron chi connectivity index (χ3n) is 6.08. The lowest BCUT2D eigenvalue weighted by atomic mass is 9.93. The van der Waals surface area contributed by atoms with Crippen LogP contribution < -0.4 is 15.4 Å². The van der Waals surface area contributed by atoms with Gasteiger partial charge in [-0.25, -0.2) is 9.37 Å². The summed E-state index contributed by atoms with van der Waals surface area (Å²) in [7, 11) is 3.07. The molecule has 0 spiro atoms. The fourth-order valence-corrected chi connectivity index (χ4v) is 4.42. The lowest BCUT2D eigenvalue weighted by Crippen LogP contribution is -2.20. The van der Waals surface area contributed by atoms with Crippen LogP contribution in [0.2, 0.25) is 0 Å². The van der Waals surface area contributed by atoms with E-state index in [1.165, 1.54) is 25.2 Å². The maximum atomic E-state index is 13.9. The van der Waals surface area contributed by atoms with Crippen molar-refractivity contribution in [3.8, 4) is 28.3 Å². The standard InChI is InChI=1S/C28H27FN4O4/c1-15-11-20(29)12-16(2)24(15)22-14-18(9-10-23(22)37-5)26-31-17(3)25(33(26)36)28(35)32-21-8-6-7-19(13-21)27(34)30-4/h6-14,36H,1-5H3,(H,30,34)(H,32,35). The van der Waals surface area contributed by atoms with Crippen LogP contribution in [0, 0.1) is 26.6 Å². The number of nitrogens with one attached hydrogen (secondary N) is 2. The fourth-order valence-electron chi connectivity index (χ4n) is 4.42. The second-order valence-electron chi connectivity index (χ2n) is 8.62. The van der Waals surface area contributed by atoms with Crippen LogP contribution in [-0.4, -0.2) is 40.9 Å². The number of aromatic nitrogens is 2. The summed E-state index contributed by atoms with van der Waals surface area (Å²) in [6.07, 6.45) is 0. The Hall–Kier alpha value is -4.66. The Labute approximate surface area is 213 Å². The lowest BCUT2D eigenvalue weighted by molar-refractivity contribution is 0.0956. The number of methoxy groups -OCH3 is 1. The monoisotopic (exact) mass is 502 g/mol. The molecule has 1 aromatic heterocycles. The number of rotatable bonds is 6. The van der Waals surface area contributed by atoms with E-state index in [1.807, 2.05) is 13.8 Å². The first-order valence-electron chi connectivity index (χ1n) is 11.5. The summed E-state index contributed by atoms with van der Waals surface area (Å²) >= 11 is 0. The highest BCUT2D eigenvalue weighted by molar-refractivity contribution is 6.05. The minimum Gasteiger partial charge on any atom is -0.496 e. The van der Waals surface area contributed by atoms with Crippen LogP contribution in [0.1, 0.15) is 37.7 Å². The number of anilines is 1. The van der Waals surface area contributed by atoms with Crippen molar-refractivity contribution in [2.24, 2.45) is 0 Å². The molecule has 4 rings (SSSR count). The van der Waals surface area contributed by atoms with Crippen molar-refractivity contribution < 1.29 is 23.9 Å². The van der Waals surface area contributed by atoms with Gasteiger partial charge in [0, 0.05) is 29.4 Å². The van der Waals surface area contributed by atoms with Crippen LogP contribution in [0.4, 0.5) is 10.1 Å². The van der Waals surface area contributed by atoms with Crippen molar-refractivity contribution in [2.75, 3.05) is 19.5 Å². The Kier molecular flexibility index (Phi) is 6.97. The summed E-state index contributed by atoms with van der Waals surface area (Å²) < 4.78 is 20.2. The molecule has 0 fully saturated rings. The van der Waals surface area contributed by atoms with Gasteiger partial charge >= 0.3 is 0 Å². The number of nitrogens with zero attached hydrogens (tertiary/aromatic N) is 2. The van der Waals surface area contributed by atoms with E-state index in [2.05, 4.69) is 15.6 Å². The summed E-state index contributed by atoms with van der Waals surface area (Å²) in [6, 6.07) is 14.6.